The van der Waals surface area contributed by atoms with Gasteiger partial charge in [-0.15, -0.1) is 0 Å². The molecule has 0 radical (unpaired) electrons. The number of hydrogen-bond acceptors (Lipinski definition) is 7. The molecule has 414 valence electrons. The van der Waals surface area contributed by atoms with E-state index >= 15 is 0 Å². The minimum atomic E-state index is -4.69. The molecule has 0 fully saturated rings. The summed E-state index contributed by atoms with van der Waals surface area (Å²) in [6, 6.07) is -0.889. The average Bonchev–Trinajstić information content (AvgIpc) is 3.32. The summed E-state index contributed by atoms with van der Waals surface area (Å²) < 4.78 is 30.3. The molecule has 9 nitrogen and oxygen atoms in total. The third-order valence-electron chi connectivity index (χ3n) is 13.6. The number of allylic oxidation sites excluding steroid dienone is 3. The van der Waals surface area contributed by atoms with Crippen LogP contribution in [0.5, 0.6) is 0 Å². The quantitative estimate of drug-likeness (QED) is 0.0212. The van der Waals surface area contributed by atoms with E-state index in [1.807, 2.05) is 33.3 Å². The average molecular weight is 1010 g/mol. The van der Waals surface area contributed by atoms with E-state index in [2.05, 4.69) is 38.2 Å². The minimum absolute atomic E-state index is 0.0217. The Labute approximate surface area is 434 Å². The van der Waals surface area contributed by atoms with Crippen molar-refractivity contribution in [1.82, 2.24) is 5.32 Å². The van der Waals surface area contributed by atoms with Crippen LogP contribution in [-0.4, -0.2) is 69.4 Å². The molecule has 0 aliphatic rings. The first-order chi connectivity index (χ1) is 33.9. The van der Waals surface area contributed by atoms with Crippen LogP contribution in [0.25, 0.3) is 0 Å². The van der Waals surface area contributed by atoms with Crippen molar-refractivity contribution in [3.05, 3.63) is 24.3 Å². The highest BCUT2D eigenvalue weighted by Crippen LogP contribution is 2.38. The van der Waals surface area contributed by atoms with E-state index < -0.39 is 20.0 Å². The van der Waals surface area contributed by atoms with E-state index in [0.717, 1.165) is 70.6 Å². The molecule has 0 bridgehead atoms. The Morgan fingerprint density at radius 3 is 1.23 bits per heavy atom. The van der Waals surface area contributed by atoms with Crippen LogP contribution in [0.1, 0.15) is 297 Å². The number of carbonyl (C=O) groups excluding carboxylic acids is 2. The molecule has 0 aliphatic heterocycles. The van der Waals surface area contributed by atoms with Gasteiger partial charge in [-0.2, -0.15) is 0 Å². The first-order valence-corrected chi connectivity index (χ1v) is 31.6. The van der Waals surface area contributed by atoms with Crippen molar-refractivity contribution in [1.29, 1.82) is 0 Å². The summed E-state index contributed by atoms with van der Waals surface area (Å²) in [4.78, 5) is 39.9. The first-order valence-electron chi connectivity index (χ1n) is 30.1. The van der Waals surface area contributed by atoms with Gasteiger partial charge in [-0.3, -0.25) is 14.2 Å². The number of hydrogen-bond donors (Lipinski definition) is 1. The number of nitrogens with zero attached hydrogens (tertiary/aromatic N) is 1. The van der Waals surface area contributed by atoms with E-state index in [1.165, 1.54) is 193 Å². The first kappa shape index (κ1) is 68.5. The predicted octanol–water partition coefficient (Wildman–Crippen LogP) is 17.5. The lowest BCUT2D eigenvalue weighted by Crippen LogP contribution is -2.47. The number of likely N-dealkylation sites (N-methyl/N-ethyl adjacent to an activating group) is 1. The summed E-state index contributed by atoms with van der Waals surface area (Å²) in [6.07, 6.45) is 58.6. The highest BCUT2D eigenvalue weighted by molar-refractivity contribution is 7.45. The van der Waals surface area contributed by atoms with Crippen molar-refractivity contribution in [2.24, 2.45) is 0 Å². The maximum Gasteiger partial charge on any atom is 0.306 e. The van der Waals surface area contributed by atoms with Crippen LogP contribution in [0.3, 0.4) is 0 Å². The van der Waals surface area contributed by atoms with E-state index in [4.69, 9.17) is 13.8 Å². The van der Waals surface area contributed by atoms with Gasteiger partial charge in [-0.1, -0.05) is 251 Å². The molecule has 0 saturated heterocycles. The van der Waals surface area contributed by atoms with Crippen molar-refractivity contribution in [2.45, 2.75) is 309 Å². The Bertz CT molecular complexity index is 1250. The smallest absolute Gasteiger partial charge is 0.306 e. The number of quaternary nitrogens is 1. The normalized spacial score (nSPS) is 13.9. The van der Waals surface area contributed by atoms with Crippen molar-refractivity contribution < 1.29 is 37.3 Å². The van der Waals surface area contributed by atoms with Crippen LogP contribution in [0, 0.1) is 0 Å². The molecule has 0 aliphatic carbocycles. The fourth-order valence-electron chi connectivity index (χ4n) is 8.93. The lowest BCUT2D eigenvalue weighted by atomic mass is 10.0. The number of esters is 1. The zero-order valence-corrected chi connectivity index (χ0v) is 48.1. The van der Waals surface area contributed by atoms with Gasteiger partial charge >= 0.3 is 5.97 Å². The van der Waals surface area contributed by atoms with Gasteiger partial charge in [0.05, 0.1) is 33.8 Å². The number of unbranched alkanes of at least 4 members (excludes halogenated alkanes) is 37. The second-order valence-corrected chi connectivity index (χ2v) is 23.3. The molecule has 1 amide bonds. The fourth-order valence-corrected chi connectivity index (χ4v) is 9.65. The summed E-state index contributed by atoms with van der Waals surface area (Å²) in [5.41, 5.74) is 0. The van der Waals surface area contributed by atoms with E-state index in [9.17, 15) is 19.0 Å². The molecule has 0 rings (SSSR count). The van der Waals surface area contributed by atoms with E-state index in [0.29, 0.717) is 17.4 Å². The molecular formula is C60H117N2O7P. The molecular weight excluding hydrogens is 892 g/mol. The number of rotatable bonds is 55. The van der Waals surface area contributed by atoms with Crippen molar-refractivity contribution in [2.75, 3.05) is 40.9 Å². The van der Waals surface area contributed by atoms with Gasteiger partial charge in [0.1, 0.15) is 19.3 Å². The van der Waals surface area contributed by atoms with Gasteiger partial charge in [0, 0.05) is 12.8 Å². The van der Waals surface area contributed by atoms with Crippen molar-refractivity contribution in [3.8, 4) is 0 Å². The molecule has 0 aromatic heterocycles. The molecule has 0 aromatic carbocycles. The van der Waals surface area contributed by atoms with Gasteiger partial charge in [-0.05, 0) is 57.4 Å². The van der Waals surface area contributed by atoms with Gasteiger partial charge in [0.2, 0.25) is 5.91 Å². The van der Waals surface area contributed by atoms with Crippen molar-refractivity contribution in [3.63, 3.8) is 0 Å². The zero-order chi connectivity index (χ0) is 51.5. The van der Waals surface area contributed by atoms with Gasteiger partial charge in [0.15, 0.2) is 0 Å². The second kappa shape index (κ2) is 51.0. The third kappa shape index (κ3) is 51.4. The number of nitrogens with one attached hydrogen (secondary N) is 1. The van der Waals surface area contributed by atoms with Gasteiger partial charge in [0.25, 0.3) is 7.82 Å². The van der Waals surface area contributed by atoms with Crippen LogP contribution < -0.4 is 10.2 Å². The van der Waals surface area contributed by atoms with E-state index in [1.54, 1.807) is 0 Å². The van der Waals surface area contributed by atoms with Crippen molar-refractivity contribution >= 4 is 19.7 Å². The Morgan fingerprint density at radius 2 is 0.829 bits per heavy atom. The van der Waals surface area contributed by atoms with Gasteiger partial charge in [-0.25, -0.2) is 0 Å². The van der Waals surface area contributed by atoms with E-state index in [-0.39, 0.29) is 31.5 Å². The molecule has 3 atom stereocenters. The Morgan fingerprint density at radius 1 is 0.486 bits per heavy atom. The monoisotopic (exact) mass is 1010 g/mol. The number of phosphoric ester groups is 1. The highest BCUT2D eigenvalue weighted by atomic mass is 31.2. The summed E-state index contributed by atoms with van der Waals surface area (Å²) in [5.74, 6) is -0.546. The lowest BCUT2D eigenvalue weighted by Gasteiger charge is -2.30. The molecule has 0 aromatic rings. The van der Waals surface area contributed by atoms with Crippen LogP contribution >= 0.6 is 7.82 Å². The molecule has 0 heterocycles. The van der Waals surface area contributed by atoms with Crippen LogP contribution in [0.2, 0.25) is 0 Å². The number of ether oxygens (including phenoxy) is 1. The Kier molecular flexibility index (Phi) is 49.9. The standard InChI is InChI=1S/C60H117N2O7P/c1-7-10-13-16-19-22-25-28-29-30-31-32-33-35-38-41-44-47-50-53-60(64)69-58(51-48-45-42-39-36-27-24-21-18-15-12-9-3)57(56-68-70(65,66)67-55-54-62(4,5)6)61-59(63)52-49-46-43-40-37-34-26-23-20-17-14-11-8-2/h34,37,48,51,57-58H,7-33,35-36,38-47,49-50,52-56H2,1-6H3,(H-,61,63,65,66)/b37-34-,51-48-. The maximum absolute atomic E-state index is 13.5. The molecule has 0 saturated carbocycles. The summed E-state index contributed by atoms with van der Waals surface area (Å²) in [6.45, 7) is 6.85. The molecule has 70 heavy (non-hydrogen) atoms. The molecule has 0 spiro atoms. The largest absolute Gasteiger partial charge is 0.756 e. The SMILES string of the molecule is CCCCCCCC/C=C\CCCCCC(=O)NC(COP(=O)([O-])OCC[N+](C)(C)C)C(/C=C\CCCCCCCCCCCC)OC(=O)CCCCCCCCCCCCCCCCCCCCC. The van der Waals surface area contributed by atoms with Crippen LogP contribution in [0.4, 0.5) is 0 Å². The summed E-state index contributed by atoms with van der Waals surface area (Å²) >= 11 is 0. The summed E-state index contributed by atoms with van der Waals surface area (Å²) in [7, 11) is 1.19. The molecule has 3 unspecified atom stereocenters. The topological polar surface area (TPSA) is 114 Å². The maximum atomic E-state index is 13.5. The fraction of sp³-hybridized carbons (Fsp3) is 0.900. The molecule has 10 heteroatoms. The van der Waals surface area contributed by atoms with Crippen LogP contribution in [-0.2, 0) is 27.9 Å². The lowest BCUT2D eigenvalue weighted by molar-refractivity contribution is -0.870. The number of phosphoric acid groups is 1. The molecule has 1 N–H and O–H groups in total. The second-order valence-electron chi connectivity index (χ2n) is 21.9. The predicted molar refractivity (Wildman–Crippen MR) is 298 cm³/mol. The Balaban J connectivity index is 5.24. The van der Waals surface area contributed by atoms with Crippen LogP contribution in [0.15, 0.2) is 24.3 Å². The third-order valence-corrected chi connectivity index (χ3v) is 14.6. The van der Waals surface area contributed by atoms with Gasteiger partial charge < -0.3 is 28.5 Å². The highest BCUT2D eigenvalue weighted by Gasteiger charge is 2.27. The Hall–Kier alpha value is -1.51. The summed E-state index contributed by atoms with van der Waals surface area (Å²) in [5, 5.41) is 3.02. The number of carbonyl (C=O) groups is 2. The number of amides is 1. The zero-order valence-electron chi connectivity index (χ0n) is 47.2. The minimum Gasteiger partial charge on any atom is -0.756 e.